The number of halogens is 3. The van der Waals surface area contributed by atoms with E-state index < -0.39 is 15.6 Å². The molecule has 1 aliphatic carbocycles. The van der Waals surface area contributed by atoms with Crippen LogP contribution < -0.4 is 0 Å². The van der Waals surface area contributed by atoms with Crippen molar-refractivity contribution >= 4 is 10.1 Å². The number of hydrogen-bond acceptors (Lipinski definition) is 4. The second kappa shape index (κ2) is 7.01. The van der Waals surface area contributed by atoms with Crippen LogP contribution in [0.25, 0.3) is 0 Å². The molecule has 0 atom stereocenters. The Balaban J connectivity index is 2.72. The van der Waals surface area contributed by atoms with E-state index in [9.17, 15) is 26.7 Å². The fourth-order valence-corrected chi connectivity index (χ4v) is 2.25. The Hall–Kier alpha value is -1.18. The van der Waals surface area contributed by atoms with E-state index in [0.717, 1.165) is 0 Å². The van der Waals surface area contributed by atoms with Crippen molar-refractivity contribution in [2.45, 2.75) is 50.5 Å². The molecule has 0 aromatic carbocycles. The molecule has 4 nitrogen and oxygen atoms in total. The number of aliphatic hydroxyl groups is 1. The highest BCUT2D eigenvalue weighted by molar-refractivity contribution is 7.87. The maximum atomic E-state index is 12.3. The summed E-state index contributed by atoms with van der Waals surface area (Å²) in [7, 11) is -5.60. The smallest absolute Gasteiger partial charge is 0.513 e. The van der Waals surface area contributed by atoms with E-state index >= 15 is 0 Å². The van der Waals surface area contributed by atoms with Crippen LogP contribution in [0.3, 0.4) is 0 Å². The number of allylic oxidation sites excluding steroid dienone is 4. The second-order valence-electron chi connectivity index (χ2n) is 4.49. The molecule has 0 fully saturated rings. The Morgan fingerprint density at radius 2 is 1.65 bits per heavy atom. The third-order valence-corrected chi connectivity index (χ3v) is 3.77. The van der Waals surface area contributed by atoms with Crippen LogP contribution in [0.5, 0.6) is 0 Å². The first kappa shape index (κ1) is 16.9. The van der Waals surface area contributed by atoms with Crippen LogP contribution in [0, 0.1) is 0 Å². The van der Waals surface area contributed by atoms with E-state index in [4.69, 9.17) is 0 Å². The molecule has 0 radical (unpaired) electrons. The van der Waals surface area contributed by atoms with Crippen LogP contribution in [0.1, 0.15) is 44.9 Å². The van der Waals surface area contributed by atoms with Gasteiger partial charge in [-0.25, -0.2) is 0 Å². The van der Waals surface area contributed by atoms with Crippen molar-refractivity contribution in [1.29, 1.82) is 0 Å². The summed E-state index contributed by atoms with van der Waals surface area (Å²) in [4.78, 5) is 0. The first-order valence-corrected chi connectivity index (χ1v) is 7.71. The van der Waals surface area contributed by atoms with Crippen molar-refractivity contribution in [3.8, 4) is 0 Å². The number of rotatable bonds is 2. The largest absolute Gasteiger partial charge is 0.534 e. The Bertz CT molecular complexity index is 477. The van der Waals surface area contributed by atoms with Gasteiger partial charge >= 0.3 is 15.6 Å². The molecular weight excluding hydrogens is 297 g/mol. The van der Waals surface area contributed by atoms with E-state index in [1.807, 2.05) is 0 Å². The van der Waals surface area contributed by atoms with Gasteiger partial charge in [-0.2, -0.15) is 21.6 Å². The normalized spacial score (nSPS) is 24.8. The lowest BCUT2D eigenvalue weighted by Crippen LogP contribution is -2.25. The predicted molar refractivity (Wildman–Crippen MR) is 67.2 cm³/mol. The topological polar surface area (TPSA) is 63.6 Å². The highest BCUT2D eigenvalue weighted by Gasteiger charge is 2.48. The molecular formula is C12H17F3O4S. The summed E-state index contributed by atoms with van der Waals surface area (Å²) in [5.74, 6) is 0.0843. The summed E-state index contributed by atoms with van der Waals surface area (Å²) < 4.78 is 62.8. The third-order valence-electron chi connectivity index (χ3n) is 2.77. The highest BCUT2D eigenvalue weighted by Crippen LogP contribution is 2.28. The molecule has 1 N–H and O–H groups in total. The minimum absolute atomic E-state index is 0.0998. The van der Waals surface area contributed by atoms with Crippen molar-refractivity contribution in [1.82, 2.24) is 0 Å². The van der Waals surface area contributed by atoms with Gasteiger partial charge in [-0.15, -0.1) is 0 Å². The molecule has 116 valence electrons. The van der Waals surface area contributed by atoms with Crippen LogP contribution in [0.4, 0.5) is 13.2 Å². The molecule has 0 aliphatic heterocycles. The van der Waals surface area contributed by atoms with Crippen molar-refractivity contribution in [2.75, 3.05) is 0 Å². The lowest BCUT2D eigenvalue weighted by Gasteiger charge is -2.12. The first-order chi connectivity index (χ1) is 9.22. The molecule has 0 bridgehead atoms. The minimum Gasteiger partial charge on any atom is -0.513 e. The molecule has 0 amide bonds. The van der Waals surface area contributed by atoms with Gasteiger partial charge in [-0.05, 0) is 44.3 Å². The van der Waals surface area contributed by atoms with E-state index in [1.165, 1.54) is 6.08 Å². The zero-order chi connectivity index (χ0) is 15.2. The van der Waals surface area contributed by atoms with Crippen LogP contribution >= 0.6 is 0 Å². The average molecular weight is 314 g/mol. The molecule has 8 heteroatoms. The molecule has 0 heterocycles. The molecule has 1 aliphatic rings. The van der Waals surface area contributed by atoms with E-state index in [2.05, 4.69) is 4.18 Å². The van der Waals surface area contributed by atoms with Gasteiger partial charge in [0.15, 0.2) is 0 Å². The van der Waals surface area contributed by atoms with Crippen molar-refractivity contribution < 1.29 is 30.9 Å². The number of aliphatic hydroxyl groups excluding tert-OH is 1. The summed E-state index contributed by atoms with van der Waals surface area (Å²) in [5, 5.41) is 9.45. The second-order valence-corrected chi connectivity index (χ2v) is 6.02. The molecule has 0 saturated heterocycles. The van der Waals surface area contributed by atoms with Crippen LogP contribution in [-0.4, -0.2) is 19.0 Å². The highest BCUT2D eigenvalue weighted by atomic mass is 32.2. The summed E-state index contributed by atoms with van der Waals surface area (Å²) >= 11 is 0. The van der Waals surface area contributed by atoms with Gasteiger partial charge in [0.05, 0.1) is 5.76 Å². The summed E-state index contributed by atoms with van der Waals surface area (Å²) in [6, 6.07) is 0. The Kier molecular flexibility index (Phi) is 5.91. The molecule has 0 spiro atoms. The van der Waals surface area contributed by atoms with Gasteiger partial charge in [-0.3, -0.25) is 0 Å². The van der Waals surface area contributed by atoms with E-state index in [-0.39, 0.29) is 17.9 Å². The molecule has 1 rings (SSSR count). The molecule has 0 aromatic heterocycles. The fourth-order valence-electron chi connectivity index (χ4n) is 1.72. The Morgan fingerprint density at radius 3 is 2.30 bits per heavy atom. The lowest BCUT2D eigenvalue weighted by atomic mass is 10.1. The van der Waals surface area contributed by atoms with Crippen molar-refractivity contribution in [2.24, 2.45) is 0 Å². The quantitative estimate of drug-likeness (QED) is 0.620. The maximum Gasteiger partial charge on any atom is 0.534 e. The summed E-state index contributed by atoms with van der Waals surface area (Å²) in [6.07, 6.45) is 6.15. The molecule has 0 saturated carbocycles. The van der Waals surface area contributed by atoms with E-state index in [0.29, 0.717) is 38.5 Å². The maximum absolute atomic E-state index is 12.3. The molecule has 20 heavy (non-hydrogen) atoms. The van der Waals surface area contributed by atoms with Crippen molar-refractivity contribution in [3.05, 3.63) is 23.7 Å². The predicted octanol–water partition coefficient (Wildman–Crippen LogP) is 3.92. The van der Waals surface area contributed by atoms with Gasteiger partial charge in [0, 0.05) is 12.8 Å². The molecule has 0 aromatic rings. The number of hydrogen-bond donors (Lipinski definition) is 1. The van der Waals surface area contributed by atoms with Crippen LogP contribution in [0.15, 0.2) is 23.7 Å². The third kappa shape index (κ3) is 5.44. The van der Waals surface area contributed by atoms with Gasteiger partial charge in [-0.1, -0.05) is 0 Å². The van der Waals surface area contributed by atoms with E-state index in [1.54, 1.807) is 6.08 Å². The first-order valence-electron chi connectivity index (χ1n) is 6.30. The van der Waals surface area contributed by atoms with Gasteiger partial charge in [0.25, 0.3) is 0 Å². The SMILES string of the molecule is O=S(=O)(O/C1=C/CCC/C=C(/O)CCCC1)C(F)(F)F. The monoisotopic (exact) mass is 314 g/mol. The van der Waals surface area contributed by atoms with Crippen LogP contribution in [0.2, 0.25) is 0 Å². The minimum atomic E-state index is -5.60. The van der Waals surface area contributed by atoms with Gasteiger partial charge < -0.3 is 9.29 Å². The van der Waals surface area contributed by atoms with Gasteiger partial charge in [0.1, 0.15) is 5.76 Å². The molecule has 0 unspecified atom stereocenters. The van der Waals surface area contributed by atoms with Crippen LogP contribution in [-0.2, 0) is 14.3 Å². The van der Waals surface area contributed by atoms with Crippen molar-refractivity contribution in [3.63, 3.8) is 0 Å². The zero-order valence-corrected chi connectivity index (χ0v) is 11.6. The fraction of sp³-hybridized carbons (Fsp3) is 0.667. The summed E-state index contributed by atoms with van der Waals surface area (Å²) in [5.41, 5.74) is -5.42. The standard InChI is InChI=1S/C12H17F3O4S/c13-12(14,15)20(17,18)19-11-8-3-1-2-6-10(16)7-4-5-9-11/h6,8,16H,1-5,7,9H2/b10-6+,11-8+. The Labute approximate surface area is 116 Å². The average Bonchev–Trinajstić information content (AvgIpc) is 2.35. The zero-order valence-electron chi connectivity index (χ0n) is 10.8. The Morgan fingerprint density at radius 1 is 1.05 bits per heavy atom. The number of alkyl halides is 3. The van der Waals surface area contributed by atoms with Gasteiger partial charge in [0.2, 0.25) is 0 Å². The lowest BCUT2D eigenvalue weighted by molar-refractivity contribution is -0.0523. The summed E-state index contributed by atoms with van der Waals surface area (Å²) in [6.45, 7) is 0.